The summed E-state index contributed by atoms with van der Waals surface area (Å²) in [6, 6.07) is 7.24. The van der Waals surface area contributed by atoms with Crippen molar-refractivity contribution in [3.63, 3.8) is 0 Å². The van der Waals surface area contributed by atoms with Crippen LogP contribution in [0.15, 0.2) is 30.5 Å². The average Bonchev–Trinajstić information content (AvgIpc) is 2.86. The van der Waals surface area contributed by atoms with Crippen molar-refractivity contribution in [2.45, 2.75) is 19.7 Å². The van der Waals surface area contributed by atoms with Gasteiger partial charge in [0.05, 0.1) is 12.8 Å². The minimum Gasteiger partial charge on any atom is -0.390 e. The number of hydrogen-bond donors (Lipinski definition) is 2. The van der Waals surface area contributed by atoms with Crippen molar-refractivity contribution in [1.82, 2.24) is 20.3 Å². The lowest BCUT2D eigenvalue weighted by Gasteiger charge is -2.05. The van der Waals surface area contributed by atoms with Crippen LogP contribution >= 0.6 is 11.6 Å². The number of hydrogen-bond acceptors (Lipinski definition) is 4. The Morgan fingerprint density at radius 1 is 1.37 bits per heavy atom. The summed E-state index contributed by atoms with van der Waals surface area (Å²) in [5, 5.41) is 19.7. The van der Waals surface area contributed by atoms with Gasteiger partial charge in [0.2, 0.25) is 5.91 Å². The minimum absolute atomic E-state index is 0.0700. The number of nitrogens with one attached hydrogen (secondary N) is 1. The van der Waals surface area contributed by atoms with E-state index in [0.29, 0.717) is 17.3 Å². The summed E-state index contributed by atoms with van der Waals surface area (Å²) in [6.07, 6.45) is 1.53. The van der Waals surface area contributed by atoms with Gasteiger partial charge in [-0.1, -0.05) is 28.9 Å². The molecule has 0 atom stereocenters. The topological polar surface area (TPSA) is 80.0 Å². The molecule has 100 valence electrons. The molecule has 0 aliphatic heterocycles. The van der Waals surface area contributed by atoms with E-state index in [1.807, 2.05) is 12.1 Å². The molecule has 2 N–H and O–H groups in total. The molecule has 1 aromatic heterocycles. The van der Waals surface area contributed by atoms with Crippen LogP contribution in [0.3, 0.4) is 0 Å². The maximum absolute atomic E-state index is 11.7. The molecular formula is C12H13ClN4O2. The lowest BCUT2D eigenvalue weighted by molar-refractivity contribution is -0.122. The first-order valence-corrected chi connectivity index (χ1v) is 6.06. The highest BCUT2D eigenvalue weighted by Crippen LogP contribution is 2.09. The number of carbonyl (C=O) groups excluding carboxylic acids is 1. The third kappa shape index (κ3) is 4.04. The van der Waals surface area contributed by atoms with Crippen LogP contribution in [0.2, 0.25) is 5.02 Å². The largest absolute Gasteiger partial charge is 0.390 e. The van der Waals surface area contributed by atoms with E-state index in [1.165, 1.54) is 10.9 Å². The molecule has 0 saturated carbocycles. The third-order valence-corrected chi connectivity index (χ3v) is 2.71. The van der Waals surface area contributed by atoms with E-state index >= 15 is 0 Å². The van der Waals surface area contributed by atoms with Gasteiger partial charge >= 0.3 is 0 Å². The second kappa shape index (κ2) is 6.31. The molecule has 0 aliphatic carbocycles. The number of benzene rings is 1. The van der Waals surface area contributed by atoms with E-state index in [2.05, 4.69) is 15.6 Å². The first-order chi connectivity index (χ1) is 9.17. The van der Waals surface area contributed by atoms with Crippen LogP contribution in [0.25, 0.3) is 0 Å². The Morgan fingerprint density at radius 2 is 2.11 bits per heavy atom. The Kier molecular flexibility index (Phi) is 4.48. The highest BCUT2D eigenvalue weighted by Gasteiger charge is 2.05. The Bertz CT molecular complexity index is 553. The second-order valence-corrected chi connectivity index (χ2v) is 4.41. The van der Waals surface area contributed by atoms with Crippen molar-refractivity contribution in [3.05, 3.63) is 46.7 Å². The van der Waals surface area contributed by atoms with Gasteiger partial charge in [0, 0.05) is 11.6 Å². The maximum Gasteiger partial charge on any atom is 0.242 e. The molecule has 0 spiro atoms. The number of aromatic nitrogens is 3. The standard InChI is InChI=1S/C12H13ClN4O2/c13-10-3-1-9(2-4-10)5-14-12(19)7-17-6-11(8-18)15-16-17/h1-4,6,18H,5,7-8H2,(H,14,19). The van der Waals surface area contributed by atoms with Crippen LogP contribution in [-0.2, 0) is 24.5 Å². The van der Waals surface area contributed by atoms with Crippen LogP contribution in [0, 0.1) is 0 Å². The van der Waals surface area contributed by atoms with Crippen molar-refractivity contribution in [2.75, 3.05) is 0 Å². The van der Waals surface area contributed by atoms with Crippen molar-refractivity contribution >= 4 is 17.5 Å². The molecule has 0 unspecified atom stereocenters. The highest BCUT2D eigenvalue weighted by atomic mass is 35.5. The summed E-state index contributed by atoms with van der Waals surface area (Å²) in [4.78, 5) is 11.7. The van der Waals surface area contributed by atoms with E-state index in [9.17, 15) is 4.79 Å². The number of amides is 1. The van der Waals surface area contributed by atoms with Gasteiger partial charge in [-0.2, -0.15) is 0 Å². The van der Waals surface area contributed by atoms with Crippen molar-refractivity contribution in [3.8, 4) is 0 Å². The van der Waals surface area contributed by atoms with Crippen molar-refractivity contribution in [1.29, 1.82) is 0 Å². The predicted molar refractivity (Wildman–Crippen MR) is 69.2 cm³/mol. The van der Waals surface area contributed by atoms with Gasteiger partial charge in [0.1, 0.15) is 12.2 Å². The Hall–Kier alpha value is -1.92. The molecule has 6 nitrogen and oxygen atoms in total. The number of halogens is 1. The zero-order valence-electron chi connectivity index (χ0n) is 10.1. The molecule has 1 aromatic carbocycles. The van der Waals surface area contributed by atoms with Crippen LogP contribution < -0.4 is 5.32 Å². The number of aliphatic hydroxyl groups is 1. The quantitative estimate of drug-likeness (QED) is 0.847. The van der Waals surface area contributed by atoms with Gasteiger partial charge in [-0.15, -0.1) is 5.10 Å². The molecular weight excluding hydrogens is 268 g/mol. The SMILES string of the molecule is O=C(Cn1cc(CO)nn1)NCc1ccc(Cl)cc1. The number of carbonyl (C=O) groups is 1. The second-order valence-electron chi connectivity index (χ2n) is 3.97. The monoisotopic (exact) mass is 280 g/mol. The summed E-state index contributed by atoms with van der Waals surface area (Å²) in [5.74, 6) is -0.177. The van der Waals surface area contributed by atoms with E-state index in [-0.39, 0.29) is 19.1 Å². The molecule has 2 rings (SSSR count). The molecule has 7 heteroatoms. The minimum atomic E-state index is -0.188. The molecule has 1 amide bonds. The van der Waals surface area contributed by atoms with Crippen LogP contribution in [0.4, 0.5) is 0 Å². The molecule has 0 aliphatic rings. The Labute approximate surface area is 115 Å². The van der Waals surface area contributed by atoms with Gasteiger partial charge in [0.15, 0.2) is 0 Å². The molecule has 0 bridgehead atoms. The van der Waals surface area contributed by atoms with Crippen LogP contribution in [0.5, 0.6) is 0 Å². The van der Waals surface area contributed by atoms with Crippen LogP contribution in [-0.4, -0.2) is 26.0 Å². The maximum atomic E-state index is 11.7. The summed E-state index contributed by atoms with van der Waals surface area (Å²) in [6.45, 7) is 0.310. The van der Waals surface area contributed by atoms with Crippen molar-refractivity contribution in [2.24, 2.45) is 0 Å². The zero-order chi connectivity index (χ0) is 13.7. The van der Waals surface area contributed by atoms with Gasteiger partial charge < -0.3 is 10.4 Å². The van der Waals surface area contributed by atoms with Gasteiger partial charge in [-0.3, -0.25) is 4.79 Å². The van der Waals surface area contributed by atoms with Crippen molar-refractivity contribution < 1.29 is 9.90 Å². The van der Waals surface area contributed by atoms with E-state index in [1.54, 1.807) is 12.1 Å². The van der Waals surface area contributed by atoms with Crippen LogP contribution in [0.1, 0.15) is 11.3 Å². The smallest absolute Gasteiger partial charge is 0.242 e. The van der Waals surface area contributed by atoms with E-state index < -0.39 is 0 Å². The highest BCUT2D eigenvalue weighted by molar-refractivity contribution is 6.30. The van der Waals surface area contributed by atoms with E-state index in [4.69, 9.17) is 16.7 Å². The van der Waals surface area contributed by atoms with Gasteiger partial charge in [-0.25, -0.2) is 4.68 Å². The normalized spacial score (nSPS) is 10.4. The lowest BCUT2D eigenvalue weighted by atomic mass is 10.2. The van der Waals surface area contributed by atoms with E-state index in [0.717, 1.165) is 5.56 Å². The zero-order valence-corrected chi connectivity index (χ0v) is 10.8. The van der Waals surface area contributed by atoms with Gasteiger partial charge in [-0.05, 0) is 17.7 Å². The first-order valence-electron chi connectivity index (χ1n) is 5.68. The molecule has 1 heterocycles. The predicted octanol–water partition coefficient (Wildman–Crippen LogP) is 0.740. The third-order valence-electron chi connectivity index (χ3n) is 2.46. The Balaban J connectivity index is 1.82. The first kappa shape index (κ1) is 13.5. The molecule has 0 fully saturated rings. The summed E-state index contributed by atoms with van der Waals surface area (Å²) in [7, 11) is 0. The molecule has 2 aromatic rings. The summed E-state index contributed by atoms with van der Waals surface area (Å²) >= 11 is 5.77. The fourth-order valence-electron chi connectivity index (χ4n) is 1.49. The fraction of sp³-hybridized carbons (Fsp3) is 0.250. The molecule has 19 heavy (non-hydrogen) atoms. The fourth-order valence-corrected chi connectivity index (χ4v) is 1.62. The van der Waals surface area contributed by atoms with Gasteiger partial charge in [0.25, 0.3) is 0 Å². The summed E-state index contributed by atoms with van der Waals surface area (Å²) in [5.41, 5.74) is 1.40. The number of aliphatic hydroxyl groups excluding tert-OH is 1. The number of nitrogens with zero attached hydrogens (tertiary/aromatic N) is 3. The lowest BCUT2D eigenvalue weighted by Crippen LogP contribution is -2.27. The Morgan fingerprint density at radius 3 is 2.74 bits per heavy atom. The molecule has 0 radical (unpaired) electrons. The summed E-state index contributed by atoms with van der Waals surface area (Å²) < 4.78 is 1.38. The molecule has 0 saturated heterocycles. The average molecular weight is 281 g/mol. The number of rotatable bonds is 5.